The van der Waals surface area contributed by atoms with Gasteiger partial charge in [0.2, 0.25) is 11.2 Å². The van der Waals surface area contributed by atoms with Gasteiger partial charge in [-0.3, -0.25) is 0 Å². The molecule has 0 aliphatic carbocycles. The Bertz CT molecular complexity index is 1620. The molecule has 0 fully saturated rings. The molecule has 3 aromatic carbocycles. The van der Waals surface area contributed by atoms with Crippen molar-refractivity contribution in [2.75, 3.05) is 5.75 Å². The highest BCUT2D eigenvalue weighted by Gasteiger charge is 2.15. The lowest BCUT2D eigenvalue weighted by Gasteiger charge is -2.07. The number of unbranched alkanes of at least 4 members (excludes halogenated alkanes) is 1. The highest BCUT2D eigenvalue weighted by molar-refractivity contribution is 7.85. The van der Waals surface area contributed by atoms with E-state index in [1.807, 2.05) is 42.5 Å². The number of nitrogens with one attached hydrogen (secondary N) is 1. The lowest BCUT2D eigenvalue weighted by molar-refractivity contribution is -0.673. The molecular weight excluding hydrogens is 456 g/mol. The SMILES string of the molecule is O=S(=O)([O-])CCCC[n+]1c(/C=C/c2c(-c3ccccc3)[nH]c3ccccc23)ccc2ccccc21. The third-order valence-electron chi connectivity index (χ3n) is 6.23. The van der Waals surface area contributed by atoms with Gasteiger partial charge in [-0.2, -0.15) is 4.57 Å². The quantitative estimate of drug-likeness (QED) is 0.173. The average molecular weight is 483 g/mol. The molecule has 0 saturated carbocycles. The van der Waals surface area contributed by atoms with E-state index in [0.717, 1.165) is 44.3 Å². The number of aromatic amines is 1. The van der Waals surface area contributed by atoms with Crippen LogP contribution in [0, 0.1) is 0 Å². The van der Waals surface area contributed by atoms with Gasteiger partial charge in [-0.15, -0.1) is 0 Å². The molecule has 0 amide bonds. The zero-order chi connectivity index (χ0) is 24.3. The van der Waals surface area contributed by atoms with Crippen LogP contribution in [-0.2, 0) is 16.7 Å². The molecule has 35 heavy (non-hydrogen) atoms. The van der Waals surface area contributed by atoms with E-state index in [-0.39, 0.29) is 5.75 Å². The monoisotopic (exact) mass is 482 g/mol. The van der Waals surface area contributed by atoms with Crippen LogP contribution >= 0.6 is 0 Å². The Morgan fingerprint density at radius 1 is 0.800 bits per heavy atom. The molecule has 2 heterocycles. The molecule has 5 nitrogen and oxygen atoms in total. The maximum absolute atomic E-state index is 11.0. The molecule has 0 spiro atoms. The summed E-state index contributed by atoms with van der Waals surface area (Å²) in [5.74, 6) is -0.334. The maximum Gasteiger partial charge on any atom is 0.212 e. The number of pyridine rings is 1. The number of aromatic nitrogens is 2. The van der Waals surface area contributed by atoms with Gasteiger partial charge < -0.3 is 9.54 Å². The summed E-state index contributed by atoms with van der Waals surface area (Å²) in [4.78, 5) is 3.57. The standard InChI is InChI=1S/C29H26N2O3S/c32-35(33,34)21-9-8-20-31-24(17-16-22-10-4-7-15-28(22)31)18-19-26-25-13-5-6-14-27(25)30-29(26)23-11-2-1-3-12-23/h1-7,10-19H,8-9,20-21H2,(H,32,33,34). The summed E-state index contributed by atoms with van der Waals surface area (Å²) in [6.45, 7) is 0.621. The summed E-state index contributed by atoms with van der Waals surface area (Å²) in [5, 5.41) is 2.26. The van der Waals surface area contributed by atoms with Gasteiger partial charge in [0.15, 0.2) is 0 Å². The van der Waals surface area contributed by atoms with Crippen molar-refractivity contribution >= 4 is 44.1 Å². The van der Waals surface area contributed by atoms with Crippen LogP contribution in [0.4, 0.5) is 0 Å². The van der Waals surface area contributed by atoms with Crippen LogP contribution in [0.3, 0.4) is 0 Å². The summed E-state index contributed by atoms with van der Waals surface area (Å²) >= 11 is 0. The average Bonchev–Trinajstić information content (AvgIpc) is 3.24. The van der Waals surface area contributed by atoms with Gasteiger partial charge in [0.25, 0.3) is 0 Å². The van der Waals surface area contributed by atoms with Gasteiger partial charge >= 0.3 is 0 Å². The molecular formula is C29H26N2O3S. The molecule has 0 atom stereocenters. The number of hydrogen-bond donors (Lipinski definition) is 1. The van der Waals surface area contributed by atoms with Gasteiger partial charge in [0, 0.05) is 52.2 Å². The number of nitrogens with zero attached hydrogens (tertiary/aromatic N) is 1. The van der Waals surface area contributed by atoms with Gasteiger partial charge in [0.05, 0.1) is 15.8 Å². The third-order valence-corrected chi connectivity index (χ3v) is 7.02. The van der Waals surface area contributed by atoms with Crippen molar-refractivity contribution in [1.82, 2.24) is 4.98 Å². The van der Waals surface area contributed by atoms with Gasteiger partial charge in [-0.05, 0) is 36.3 Å². The minimum absolute atomic E-state index is 0.334. The fourth-order valence-corrected chi connectivity index (χ4v) is 5.12. The lowest BCUT2D eigenvalue weighted by Crippen LogP contribution is -2.38. The van der Waals surface area contributed by atoms with E-state index in [0.29, 0.717) is 19.4 Å². The molecule has 0 aliphatic rings. The maximum atomic E-state index is 11.0. The largest absolute Gasteiger partial charge is 0.748 e. The van der Waals surface area contributed by atoms with Gasteiger partial charge in [0.1, 0.15) is 6.54 Å². The molecule has 0 bridgehead atoms. The highest BCUT2D eigenvalue weighted by Crippen LogP contribution is 2.31. The predicted molar refractivity (Wildman–Crippen MR) is 141 cm³/mol. The number of para-hydroxylation sites is 2. The van der Waals surface area contributed by atoms with Crippen molar-refractivity contribution in [1.29, 1.82) is 0 Å². The molecule has 5 rings (SSSR count). The smallest absolute Gasteiger partial charge is 0.212 e. The Balaban J connectivity index is 1.56. The number of H-pyrrole nitrogens is 1. The van der Waals surface area contributed by atoms with Crippen molar-refractivity contribution in [2.24, 2.45) is 0 Å². The zero-order valence-corrected chi connectivity index (χ0v) is 20.0. The Hall–Kier alpha value is -3.74. The summed E-state index contributed by atoms with van der Waals surface area (Å²) < 4.78 is 35.3. The Morgan fingerprint density at radius 2 is 1.54 bits per heavy atom. The van der Waals surface area contributed by atoms with E-state index < -0.39 is 10.1 Å². The first-order valence-corrected chi connectivity index (χ1v) is 13.3. The van der Waals surface area contributed by atoms with Crippen LogP contribution in [-0.4, -0.2) is 23.7 Å². The third kappa shape index (κ3) is 5.19. The van der Waals surface area contributed by atoms with E-state index in [4.69, 9.17) is 0 Å². The summed E-state index contributed by atoms with van der Waals surface area (Å²) in [7, 11) is -4.20. The zero-order valence-electron chi connectivity index (χ0n) is 19.2. The Morgan fingerprint density at radius 3 is 2.37 bits per heavy atom. The molecule has 2 aromatic heterocycles. The van der Waals surface area contributed by atoms with E-state index in [2.05, 4.69) is 70.2 Å². The van der Waals surface area contributed by atoms with Crippen LogP contribution in [0.1, 0.15) is 24.1 Å². The predicted octanol–water partition coefficient (Wildman–Crippen LogP) is 5.77. The first-order valence-electron chi connectivity index (χ1n) is 11.7. The van der Waals surface area contributed by atoms with Crippen LogP contribution in [0.2, 0.25) is 0 Å². The van der Waals surface area contributed by atoms with Crippen LogP contribution < -0.4 is 4.57 Å². The molecule has 176 valence electrons. The number of hydrogen-bond acceptors (Lipinski definition) is 3. The molecule has 0 saturated heterocycles. The Labute approximate surface area is 205 Å². The summed E-state index contributed by atoms with van der Waals surface area (Å²) in [6, 6.07) is 30.9. The Kier molecular flexibility index (Phi) is 6.49. The van der Waals surface area contributed by atoms with E-state index in [1.165, 1.54) is 0 Å². The molecule has 0 unspecified atom stereocenters. The summed E-state index contributed by atoms with van der Waals surface area (Å²) in [6.07, 6.45) is 5.19. The van der Waals surface area contributed by atoms with Crippen molar-refractivity contribution in [3.05, 3.63) is 102 Å². The van der Waals surface area contributed by atoms with E-state index in [1.54, 1.807) is 0 Å². The molecule has 0 radical (unpaired) electrons. The first-order chi connectivity index (χ1) is 17.0. The van der Waals surface area contributed by atoms with Crippen LogP contribution in [0.15, 0.2) is 91.0 Å². The van der Waals surface area contributed by atoms with Gasteiger partial charge in [-0.1, -0.05) is 60.7 Å². The van der Waals surface area contributed by atoms with Crippen molar-refractivity contribution < 1.29 is 17.5 Å². The minimum atomic E-state index is -4.20. The number of fused-ring (bicyclic) bond motifs is 2. The lowest BCUT2D eigenvalue weighted by atomic mass is 10.0. The number of benzene rings is 3. The number of rotatable bonds is 8. The molecule has 1 N–H and O–H groups in total. The molecule has 5 aromatic rings. The van der Waals surface area contributed by atoms with Gasteiger partial charge in [-0.25, -0.2) is 8.42 Å². The second-order valence-corrected chi connectivity index (χ2v) is 10.1. The molecule has 0 aliphatic heterocycles. The van der Waals surface area contributed by atoms with Crippen molar-refractivity contribution in [3.8, 4) is 11.3 Å². The normalized spacial score (nSPS) is 12.1. The second kappa shape index (κ2) is 9.86. The fourth-order valence-electron chi connectivity index (χ4n) is 4.56. The van der Waals surface area contributed by atoms with E-state index >= 15 is 0 Å². The second-order valence-electron chi connectivity index (χ2n) is 8.60. The minimum Gasteiger partial charge on any atom is -0.748 e. The molecule has 6 heteroatoms. The fraction of sp³-hybridized carbons (Fsp3) is 0.138. The highest BCUT2D eigenvalue weighted by atomic mass is 32.2. The topological polar surface area (TPSA) is 76.9 Å². The van der Waals surface area contributed by atoms with Crippen molar-refractivity contribution in [3.63, 3.8) is 0 Å². The van der Waals surface area contributed by atoms with E-state index in [9.17, 15) is 13.0 Å². The van der Waals surface area contributed by atoms with Crippen LogP contribution in [0.25, 0.3) is 45.2 Å². The number of aryl methyl sites for hydroxylation is 1. The van der Waals surface area contributed by atoms with Crippen LogP contribution in [0.5, 0.6) is 0 Å². The first kappa shape index (κ1) is 23.0. The van der Waals surface area contributed by atoms with Crippen molar-refractivity contribution in [2.45, 2.75) is 19.4 Å². The summed E-state index contributed by atoms with van der Waals surface area (Å²) in [5.41, 5.74) is 6.46.